The van der Waals surface area contributed by atoms with E-state index in [-0.39, 0.29) is 5.75 Å². The summed E-state index contributed by atoms with van der Waals surface area (Å²) in [7, 11) is 0. The number of phenolic OH excluding ortho intramolecular Hbond substituents is 1. The summed E-state index contributed by atoms with van der Waals surface area (Å²) in [6.07, 6.45) is 20.6. The Morgan fingerprint density at radius 3 is 2.09 bits per heavy atom. The quantitative estimate of drug-likeness (QED) is 0.237. The van der Waals surface area contributed by atoms with Crippen LogP contribution in [0, 0.1) is 5.92 Å². The molecule has 4 nitrogen and oxygen atoms in total. The third-order valence-electron chi connectivity index (χ3n) is 6.18. The second-order valence-corrected chi connectivity index (χ2v) is 9.03. The number of nitrogens with zero attached hydrogens (tertiary/aromatic N) is 2. The maximum absolute atomic E-state index is 9.44. The lowest BCUT2D eigenvalue weighted by Gasteiger charge is -2.16. The summed E-state index contributed by atoms with van der Waals surface area (Å²) in [4.78, 5) is 8.82. The smallest absolute Gasteiger partial charge is 0.216 e. The van der Waals surface area contributed by atoms with Gasteiger partial charge in [-0.15, -0.1) is 0 Å². The number of hydrogen-bond donors (Lipinski definition) is 1. The molecule has 0 spiro atoms. The van der Waals surface area contributed by atoms with Crippen molar-refractivity contribution >= 4 is 0 Å². The Morgan fingerprint density at radius 1 is 0.750 bits per heavy atom. The van der Waals surface area contributed by atoms with E-state index in [1.165, 1.54) is 83.5 Å². The van der Waals surface area contributed by atoms with Crippen LogP contribution in [0.4, 0.5) is 0 Å². The molecular formula is C28H44N2O2. The van der Waals surface area contributed by atoms with Crippen LogP contribution in [-0.2, 0) is 0 Å². The van der Waals surface area contributed by atoms with E-state index in [0.717, 1.165) is 17.9 Å². The van der Waals surface area contributed by atoms with Gasteiger partial charge in [-0.25, -0.2) is 4.98 Å². The highest BCUT2D eigenvalue weighted by Gasteiger charge is 2.08. The fourth-order valence-corrected chi connectivity index (χ4v) is 4.29. The zero-order chi connectivity index (χ0) is 22.9. The molecule has 0 aliphatic carbocycles. The van der Waals surface area contributed by atoms with Crippen LogP contribution in [0.3, 0.4) is 0 Å². The summed E-state index contributed by atoms with van der Waals surface area (Å²) in [5.74, 6) is 2.35. The lowest BCUT2D eigenvalue weighted by atomic mass is 9.91. The van der Waals surface area contributed by atoms with Crippen LogP contribution in [0.25, 0.3) is 11.4 Å². The van der Waals surface area contributed by atoms with Crippen LogP contribution in [0.5, 0.6) is 11.6 Å². The number of aromatic hydroxyl groups is 1. The van der Waals surface area contributed by atoms with Gasteiger partial charge < -0.3 is 9.84 Å². The van der Waals surface area contributed by atoms with E-state index in [4.69, 9.17) is 4.74 Å². The van der Waals surface area contributed by atoms with E-state index in [1.54, 1.807) is 18.3 Å². The SMILES string of the molecule is CCCCCCCCCCC(CCC)CCCCOc1ccnc(-c2ccc(O)cc2)n1. The van der Waals surface area contributed by atoms with Crippen molar-refractivity contribution in [3.05, 3.63) is 36.5 Å². The van der Waals surface area contributed by atoms with Crippen molar-refractivity contribution in [2.24, 2.45) is 5.92 Å². The zero-order valence-corrected chi connectivity index (χ0v) is 20.4. The first kappa shape index (κ1) is 26.2. The van der Waals surface area contributed by atoms with E-state index < -0.39 is 0 Å². The summed E-state index contributed by atoms with van der Waals surface area (Å²) < 4.78 is 5.89. The van der Waals surface area contributed by atoms with Gasteiger partial charge in [0.05, 0.1) is 6.61 Å². The largest absolute Gasteiger partial charge is 0.508 e. The van der Waals surface area contributed by atoms with Gasteiger partial charge in [-0.05, 0) is 43.0 Å². The summed E-state index contributed by atoms with van der Waals surface area (Å²) in [6.45, 7) is 5.29. The molecule has 0 bridgehead atoms. The molecule has 0 amide bonds. The molecule has 1 unspecified atom stereocenters. The van der Waals surface area contributed by atoms with E-state index in [1.807, 2.05) is 18.2 Å². The molecule has 1 aromatic heterocycles. The van der Waals surface area contributed by atoms with Gasteiger partial charge in [0.2, 0.25) is 5.88 Å². The predicted octanol–water partition coefficient (Wildman–Crippen LogP) is 8.35. The number of phenols is 1. The Labute approximate surface area is 195 Å². The summed E-state index contributed by atoms with van der Waals surface area (Å²) in [5.41, 5.74) is 0.872. The molecule has 0 fully saturated rings. The summed E-state index contributed by atoms with van der Waals surface area (Å²) >= 11 is 0. The van der Waals surface area contributed by atoms with Crippen molar-refractivity contribution < 1.29 is 9.84 Å². The molecular weight excluding hydrogens is 396 g/mol. The van der Waals surface area contributed by atoms with Gasteiger partial charge in [-0.2, -0.15) is 4.98 Å². The molecule has 2 aromatic rings. The van der Waals surface area contributed by atoms with E-state index >= 15 is 0 Å². The van der Waals surface area contributed by atoms with E-state index in [2.05, 4.69) is 23.8 Å². The molecule has 0 radical (unpaired) electrons. The molecule has 0 saturated heterocycles. The Kier molecular flexibility index (Phi) is 13.5. The number of rotatable bonds is 18. The van der Waals surface area contributed by atoms with Gasteiger partial charge in [0, 0.05) is 17.8 Å². The van der Waals surface area contributed by atoms with Crippen LogP contribution in [-0.4, -0.2) is 21.7 Å². The van der Waals surface area contributed by atoms with Crippen molar-refractivity contribution in [1.82, 2.24) is 9.97 Å². The third kappa shape index (κ3) is 11.0. The Balaban J connectivity index is 1.60. The maximum atomic E-state index is 9.44. The second kappa shape index (κ2) is 16.5. The number of unbranched alkanes of at least 4 members (excludes halogenated alkanes) is 8. The molecule has 1 atom stereocenters. The fraction of sp³-hybridized carbons (Fsp3) is 0.643. The monoisotopic (exact) mass is 440 g/mol. The van der Waals surface area contributed by atoms with Gasteiger partial charge in [-0.1, -0.05) is 90.9 Å². The third-order valence-corrected chi connectivity index (χ3v) is 6.18. The second-order valence-electron chi connectivity index (χ2n) is 9.03. The van der Waals surface area contributed by atoms with Crippen molar-refractivity contribution in [2.75, 3.05) is 6.61 Å². The Hall–Kier alpha value is -2.10. The predicted molar refractivity (Wildman–Crippen MR) is 134 cm³/mol. The van der Waals surface area contributed by atoms with Crippen LogP contribution in [0.2, 0.25) is 0 Å². The molecule has 0 saturated carbocycles. The van der Waals surface area contributed by atoms with Gasteiger partial charge in [0.15, 0.2) is 5.82 Å². The van der Waals surface area contributed by atoms with Crippen LogP contribution >= 0.6 is 0 Å². The topological polar surface area (TPSA) is 55.2 Å². The van der Waals surface area contributed by atoms with E-state index in [9.17, 15) is 5.11 Å². The first-order valence-corrected chi connectivity index (χ1v) is 13.0. The molecule has 0 aliphatic rings. The molecule has 1 aromatic carbocycles. The van der Waals surface area contributed by atoms with Gasteiger partial charge in [0.25, 0.3) is 0 Å². The Morgan fingerprint density at radius 2 is 1.41 bits per heavy atom. The van der Waals surface area contributed by atoms with Gasteiger partial charge >= 0.3 is 0 Å². The van der Waals surface area contributed by atoms with Crippen LogP contribution in [0.15, 0.2) is 36.5 Å². The minimum atomic E-state index is 0.241. The van der Waals surface area contributed by atoms with Crippen molar-refractivity contribution in [1.29, 1.82) is 0 Å². The molecule has 2 rings (SSSR count). The van der Waals surface area contributed by atoms with E-state index in [0.29, 0.717) is 18.3 Å². The van der Waals surface area contributed by atoms with Crippen molar-refractivity contribution in [3.8, 4) is 23.0 Å². The minimum absolute atomic E-state index is 0.241. The lowest BCUT2D eigenvalue weighted by Crippen LogP contribution is -2.04. The molecule has 4 heteroatoms. The van der Waals surface area contributed by atoms with Crippen LogP contribution < -0.4 is 4.74 Å². The van der Waals surface area contributed by atoms with Crippen LogP contribution in [0.1, 0.15) is 104 Å². The lowest BCUT2D eigenvalue weighted by molar-refractivity contribution is 0.283. The highest BCUT2D eigenvalue weighted by Crippen LogP contribution is 2.23. The standard InChI is InChI=1S/C28H44N2O2/c1-3-5-6-7-8-9-10-11-15-24(14-4-2)16-12-13-23-32-27-21-22-29-28(30-27)25-17-19-26(31)20-18-25/h17-22,24,31H,3-16,23H2,1-2H3. The van der Waals surface area contributed by atoms with Crippen molar-refractivity contribution in [2.45, 2.75) is 104 Å². The first-order chi connectivity index (χ1) is 15.7. The number of benzene rings is 1. The first-order valence-electron chi connectivity index (χ1n) is 13.0. The molecule has 178 valence electrons. The Bertz CT molecular complexity index is 718. The average molecular weight is 441 g/mol. The summed E-state index contributed by atoms with van der Waals surface area (Å²) in [6, 6.07) is 8.73. The number of hydrogen-bond acceptors (Lipinski definition) is 4. The molecule has 1 N–H and O–H groups in total. The zero-order valence-electron chi connectivity index (χ0n) is 20.4. The number of aromatic nitrogens is 2. The maximum Gasteiger partial charge on any atom is 0.216 e. The molecule has 32 heavy (non-hydrogen) atoms. The van der Waals surface area contributed by atoms with Gasteiger partial charge in [-0.3, -0.25) is 0 Å². The number of ether oxygens (including phenoxy) is 1. The van der Waals surface area contributed by atoms with Crippen molar-refractivity contribution in [3.63, 3.8) is 0 Å². The molecule has 1 heterocycles. The average Bonchev–Trinajstić information content (AvgIpc) is 2.81. The molecule has 0 aliphatic heterocycles. The fourth-order valence-electron chi connectivity index (χ4n) is 4.29. The van der Waals surface area contributed by atoms with Gasteiger partial charge in [0.1, 0.15) is 5.75 Å². The minimum Gasteiger partial charge on any atom is -0.508 e. The normalized spacial score (nSPS) is 12.1. The summed E-state index contributed by atoms with van der Waals surface area (Å²) in [5, 5.41) is 9.44. The highest BCUT2D eigenvalue weighted by molar-refractivity contribution is 5.56. The highest BCUT2D eigenvalue weighted by atomic mass is 16.5.